The van der Waals surface area contributed by atoms with Crippen molar-refractivity contribution < 1.29 is 46.0 Å². The van der Waals surface area contributed by atoms with Gasteiger partial charge in [-0.2, -0.15) is 13.2 Å². The summed E-state index contributed by atoms with van der Waals surface area (Å²) < 4.78 is 83.3. The number of carboxylic acids is 1. The number of hydrogen-bond donors (Lipinski definition) is 1. The molecule has 0 saturated carbocycles. The van der Waals surface area contributed by atoms with E-state index in [0.717, 1.165) is 23.1 Å². The Labute approximate surface area is 229 Å². The van der Waals surface area contributed by atoms with Crippen molar-refractivity contribution in [1.82, 2.24) is 4.90 Å². The molecular weight excluding hydrogens is 564 g/mol. The Morgan fingerprint density at radius 2 is 1.44 bits per heavy atom. The minimum Gasteiger partial charge on any atom is -0.481 e. The van der Waals surface area contributed by atoms with Crippen LogP contribution in [-0.2, 0) is 11.0 Å². The molecule has 0 bridgehead atoms. The lowest BCUT2D eigenvalue weighted by atomic mass is 9.95. The Morgan fingerprint density at radius 3 is 1.93 bits per heavy atom. The highest BCUT2D eigenvalue weighted by Crippen LogP contribution is 2.44. The van der Waals surface area contributed by atoms with E-state index in [-0.39, 0.29) is 68.4 Å². The molecular formula is C25H25F6N5O5. The number of amides is 2. The summed E-state index contributed by atoms with van der Waals surface area (Å²) in [5, 5.41) is 21.0. The predicted molar refractivity (Wildman–Crippen MR) is 135 cm³/mol. The number of carbonyl (C=O) groups excluding carboxylic acids is 1. The maximum atomic E-state index is 14.0. The SMILES string of the molecule is O=C(O)C1CCN(c2cc(N3CCN(C(=O)N(c4ccccc4)C(F)(F)F)CC3)c([N+](=O)[O-])cc2C(F)(F)F)CC1. The third-order valence-electron chi connectivity index (χ3n) is 7.13. The molecule has 2 aliphatic heterocycles. The summed E-state index contributed by atoms with van der Waals surface area (Å²) in [7, 11) is 0. The molecule has 16 heteroatoms. The molecule has 41 heavy (non-hydrogen) atoms. The molecule has 0 atom stereocenters. The molecule has 0 spiro atoms. The predicted octanol–water partition coefficient (Wildman–Crippen LogP) is 5.18. The van der Waals surface area contributed by atoms with Gasteiger partial charge in [0.25, 0.3) is 5.69 Å². The standard InChI is InChI=1S/C25H25F6N5O5/c26-24(27,28)18-14-21(36(40)41)20(15-19(18)32-8-6-16(7-9-32)22(37)38)33-10-12-34(13-11-33)23(39)35(25(29,30)31)17-4-2-1-3-5-17/h1-5,14-16H,6-13H2,(H,37,38). The van der Waals surface area contributed by atoms with Crippen LogP contribution in [0.1, 0.15) is 18.4 Å². The number of aliphatic carboxylic acids is 1. The fourth-order valence-electron chi connectivity index (χ4n) is 5.04. The van der Waals surface area contributed by atoms with Crippen LogP contribution in [-0.4, -0.2) is 72.5 Å². The highest BCUT2D eigenvalue weighted by molar-refractivity contribution is 5.93. The molecule has 0 aromatic heterocycles. The summed E-state index contributed by atoms with van der Waals surface area (Å²) in [4.78, 5) is 38.3. The average molecular weight is 589 g/mol. The highest BCUT2D eigenvalue weighted by Gasteiger charge is 2.45. The maximum Gasteiger partial charge on any atom is 0.493 e. The smallest absolute Gasteiger partial charge is 0.481 e. The van der Waals surface area contributed by atoms with Crippen LogP contribution >= 0.6 is 0 Å². The molecule has 2 amide bonds. The van der Waals surface area contributed by atoms with Crippen molar-refractivity contribution in [2.24, 2.45) is 5.92 Å². The van der Waals surface area contributed by atoms with Crippen molar-refractivity contribution in [3.05, 3.63) is 58.1 Å². The van der Waals surface area contributed by atoms with Crippen molar-refractivity contribution in [1.29, 1.82) is 0 Å². The molecule has 2 saturated heterocycles. The first-order valence-corrected chi connectivity index (χ1v) is 12.5. The topological polar surface area (TPSA) is 110 Å². The molecule has 0 radical (unpaired) electrons. The normalized spacial score (nSPS) is 17.0. The lowest BCUT2D eigenvalue weighted by molar-refractivity contribution is -0.384. The number of para-hydroxylation sites is 1. The molecule has 10 nitrogen and oxygen atoms in total. The van der Waals surface area contributed by atoms with Crippen LogP contribution in [0, 0.1) is 16.0 Å². The number of anilines is 3. The third kappa shape index (κ3) is 6.41. The Bertz CT molecular complexity index is 1290. The number of alkyl halides is 6. The van der Waals surface area contributed by atoms with Gasteiger partial charge in [-0.3, -0.25) is 14.9 Å². The van der Waals surface area contributed by atoms with Gasteiger partial charge in [-0.25, -0.2) is 9.69 Å². The van der Waals surface area contributed by atoms with Crippen LogP contribution in [0.3, 0.4) is 0 Å². The number of nitro benzene ring substituents is 1. The zero-order valence-corrected chi connectivity index (χ0v) is 21.4. The number of carboxylic acid groups (broad SMARTS) is 1. The largest absolute Gasteiger partial charge is 0.493 e. The number of piperidine rings is 1. The average Bonchev–Trinajstić information content (AvgIpc) is 2.91. The second-order valence-electron chi connectivity index (χ2n) is 9.61. The Morgan fingerprint density at radius 1 is 0.878 bits per heavy atom. The van der Waals surface area contributed by atoms with Crippen molar-refractivity contribution in [3.8, 4) is 0 Å². The molecule has 2 fully saturated rings. The van der Waals surface area contributed by atoms with E-state index in [1.165, 1.54) is 28.0 Å². The van der Waals surface area contributed by atoms with Gasteiger partial charge in [0.05, 0.1) is 27.8 Å². The summed E-state index contributed by atoms with van der Waals surface area (Å²) >= 11 is 0. The van der Waals surface area contributed by atoms with Crippen LogP contribution in [0.4, 0.5) is 53.9 Å². The number of rotatable bonds is 5. The first-order valence-electron chi connectivity index (χ1n) is 12.5. The number of hydrogen-bond acceptors (Lipinski definition) is 6. The van der Waals surface area contributed by atoms with E-state index >= 15 is 0 Å². The van der Waals surface area contributed by atoms with E-state index in [4.69, 9.17) is 0 Å². The van der Waals surface area contributed by atoms with E-state index in [1.54, 1.807) is 0 Å². The number of piperazine rings is 1. The zero-order chi connectivity index (χ0) is 30.1. The lowest BCUT2D eigenvalue weighted by Crippen LogP contribution is -2.56. The minimum absolute atomic E-state index is 0.0215. The number of urea groups is 1. The summed E-state index contributed by atoms with van der Waals surface area (Å²) in [6, 6.07) is 6.49. The quantitative estimate of drug-likeness (QED) is 0.221. The van der Waals surface area contributed by atoms with Gasteiger partial charge in [-0.05, 0) is 31.0 Å². The van der Waals surface area contributed by atoms with Gasteiger partial charge < -0.3 is 19.8 Å². The van der Waals surface area contributed by atoms with E-state index < -0.39 is 52.3 Å². The van der Waals surface area contributed by atoms with E-state index in [1.807, 2.05) is 0 Å². The maximum absolute atomic E-state index is 14.0. The number of nitrogens with zero attached hydrogens (tertiary/aromatic N) is 5. The monoisotopic (exact) mass is 589 g/mol. The number of carbonyl (C=O) groups is 2. The van der Waals surface area contributed by atoms with E-state index in [0.29, 0.717) is 6.07 Å². The molecule has 0 aliphatic carbocycles. The Kier molecular flexibility index (Phi) is 8.22. The summed E-state index contributed by atoms with van der Waals surface area (Å²) in [5.41, 5.74) is -3.03. The van der Waals surface area contributed by atoms with Gasteiger partial charge in [-0.15, -0.1) is 13.2 Å². The molecule has 2 heterocycles. The van der Waals surface area contributed by atoms with Crippen molar-refractivity contribution in [3.63, 3.8) is 0 Å². The minimum atomic E-state index is -5.04. The summed E-state index contributed by atoms with van der Waals surface area (Å²) in [6.07, 6.45) is -9.83. The van der Waals surface area contributed by atoms with Crippen LogP contribution in [0.2, 0.25) is 0 Å². The van der Waals surface area contributed by atoms with Gasteiger partial charge in [0.2, 0.25) is 0 Å². The molecule has 2 aliphatic rings. The fraction of sp³-hybridized carbons (Fsp3) is 0.440. The van der Waals surface area contributed by atoms with Gasteiger partial charge in [-0.1, -0.05) is 18.2 Å². The van der Waals surface area contributed by atoms with Crippen molar-refractivity contribution in [2.45, 2.75) is 25.3 Å². The highest BCUT2D eigenvalue weighted by atomic mass is 19.4. The molecule has 4 rings (SSSR count). The Balaban J connectivity index is 1.61. The zero-order valence-electron chi connectivity index (χ0n) is 21.4. The van der Waals surface area contributed by atoms with Crippen LogP contribution in [0.5, 0.6) is 0 Å². The molecule has 222 valence electrons. The van der Waals surface area contributed by atoms with Crippen molar-refractivity contribution >= 4 is 34.7 Å². The molecule has 0 unspecified atom stereocenters. The van der Waals surface area contributed by atoms with E-state index in [9.17, 15) is 51.2 Å². The second kappa shape index (κ2) is 11.3. The number of nitro groups is 1. The van der Waals surface area contributed by atoms with Crippen molar-refractivity contribution in [2.75, 3.05) is 54.0 Å². The first kappa shape index (κ1) is 29.7. The molecule has 2 aromatic rings. The third-order valence-corrected chi connectivity index (χ3v) is 7.13. The fourth-order valence-corrected chi connectivity index (χ4v) is 5.04. The van der Waals surface area contributed by atoms with Gasteiger partial charge in [0.1, 0.15) is 5.69 Å². The summed E-state index contributed by atoms with van der Waals surface area (Å²) in [5.74, 6) is -1.79. The van der Waals surface area contributed by atoms with Gasteiger partial charge in [0, 0.05) is 45.3 Å². The van der Waals surface area contributed by atoms with Crippen LogP contribution in [0.15, 0.2) is 42.5 Å². The van der Waals surface area contributed by atoms with Gasteiger partial charge >= 0.3 is 24.5 Å². The second-order valence-corrected chi connectivity index (χ2v) is 9.61. The molecule has 1 N–H and O–H groups in total. The first-order chi connectivity index (χ1) is 19.2. The van der Waals surface area contributed by atoms with Crippen LogP contribution in [0.25, 0.3) is 0 Å². The van der Waals surface area contributed by atoms with Crippen LogP contribution < -0.4 is 14.7 Å². The number of benzene rings is 2. The Hall–Kier alpha value is -4.24. The van der Waals surface area contributed by atoms with E-state index in [2.05, 4.69) is 0 Å². The lowest BCUT2D eigenvalue weighted by Gasteiger charge is -2.39. The molecule has 2 aromatic carbocycles. The summed E-state index contributed by atoms with van der Waals surface area (Å²) in [6.45, 7) is -0.970. The van der Waals surface area contributed by atoms with Gasteiger partial charge in [0.15, 0.2) is 0 Å². The number of halogens is 6.